The molecule has 118 valence electrons. The number of methoxy groups -OCH3 is 1. The summed E-state index contributed by atoms with van der Waals surface area (Å²) in [5.74, 6) is -0.408. The number of rotatable bonds is 5. The Balaban J connectivity index is 3.00. The van der Waals surface area contributed by atoms with Crippen molar-refractivity contribution in [1.82, 2.24) is 0 Å². The lowest BCUT2D eigenvalue weighted by Crippen LogP contribution is -2.37. The summed E-state index contributed by atoms with van der Waals surface area (Å²) in [4.78, 5) is 11.8. The molecule has 0 aromatic heterocycles. The number of hydrogen-bond donors (Lipinski definition) is 2. The van der Waals surface area contributed by atoms with Crippen molar-refractivity contribution in [3.8, 4) is 5.75 Å². The number of amides is 1. The van der Waals surface area contributed by atoms with Crippen LogP contribution in [0.15, 0.2) is 18.2 Å². The minimum absolute atomic E-state index is 0.0619. The third kappa shape index (κ3) is 4.93. The smallest absolute Gasteiger partial charge is 0.418 e. The molecule has 0 radical (unpaired) electrons. The van der Waals surface area contributed by atoms with Crippen molar-refractivity contribution in [2.45, 2.75) is 32.5 Å². The second kappa shape index (κ2) is 6.80. The Hall–Kier alpha value is -1.76. The molecule has 0 aliphatic rings. The first-order valence-electron chi connectivity index (χ1n) is 6.46. The Morgan fingerprint density at radius 3 is 2.48 bits per heavy atom. The van der Waals surface area contributed by atoms with E-state index >= 15 is 0 Å². The maximum absolute atomic E-state index is 13.0. The van der Waals surface area contributed by atoms with Crippen LogP contribution in [0.4, 0.5) is 18.9 Å². The number of benzene rings is 1. The average molecular weight is 304 g/mol. The van der Waals surface area contributed by atoms with Gasteiger partial charge in [0.25, 0.3) is 0 Å². The maximum Gasteiger partial charge on any atom is 0.418 e. The van der Waals surface area contributed by atoms with Gasteiger partial charge in [-0.15, -0.1) is 0 Å². The minimum Gasteiger partial charge on any atom is -0.497 e. The molecule has 3 N–H and O–H groups in total. The van der Waals surface area contributed by atoms with Crippen molar-refractivity contribution >= 4 is 11.6 Å². The van der Waals surface area contributed by atoms with Gasteiger partial charge in [0.1, 0.15) is 5.75 Å². The fraction of sp³-hybridized carbons (Fsp3) is 0.500. The van der Waals surface area contributed by atoms with Crippen LogP contribution in [-0.4, -0.2) is 19.1 Å². The highest BCUT2D eigenvalue weighted by atomic mass is 19.4. The minimum atomic E-state index is -4.60. The molecule has 0 fully saturated rings. The Kier molecular flexibility index (Phi) is 5.60. The molecule has 1 rings (SSSR count). The van der Waals surface area contributed by atoms with Gasteiger partial charge < -0.3 is 15.8 Å². The lowest BCUT2D eigenvalue weighted by molar-refractivity contribution is -0.137. The molecule has 1 atom stereocenters. The van der Waals surface area contributed by atoms with Crippen LogP contribution in [-0.2, 0) is 11.0 Å². The number of hydrogen-bond acceptors (Lipinski definition) is 3. The molecule has 0 aliphatic heterocycles. The molecule has 0 spiro atoms. The molecule has 0 saturated heterocycles. The fourth-order valence-corrected chi connectivity index (χ4v) is 1.83. The van der Waals surface area contributed by atoms with Crippen molar-refractivity contribution in [2.75, 3.05) is 12.4 Å². The van der Waals surface area contributed by atoms with Crippen LogP contribution < -0.4 is 15.8 Å². The molecule has 7 heteroatoms. The quantitative estimate of drug-likeness (QED) is 0.879. The number of carbonyl (C=O) groups excluding carboxylic acids is 1. The first-order chi connectivity index (χ1) is 9.65. The summed E-state index contributed by atoms with van der Waals surface area (Å²) in [6.07, 6.45) is -4.21. The van der Waals surface area contributed by atoms with Gasteiger partial charge in [0, 0.05) is 0 Å². The Morgan fingerprint density at radius 2 is 2.00 bits per heavy atom. The zero-order valence-corrected chi connectivity index (χ0v) is 12.1. The van der Waals surface area contributed by atoms with Gasteiger partial charge in [0.2, 0.25) is 5.91 Å². The molecular formula is C14H19F3N2O2. The van der Waals surface area contributed by atoms with Crippen LogP contribution in [0.2, 0.25) is 0 Å². The summed E-state index contributed by atoms with van der Waals surface area (Å²) in [7, 11) is 1.27. The second-order valence-electron chi connectivity index (χ2n) is 5.13. The van der Waals surface area contributed by atoms with Crippen molar-refractivity contribution in [3.05, 3.63) is 23.8 Å². The zero-order valence-electron chi connectivity index (χ0n) is 12.1. The Morgan fingerprint density at radius 1 is 1.38 bits per heavy atom. The Labute approximate surface area is 121 Å². The number of nitrogens with one attached hydrogen (secondary N) is 1. The lowest BCUT2D eigenvalue weighted by Gasteiger charge is -2.18. The van der Waals surface area contributed by atoms with E-state index in [9.17, 15) is 18.0 Å². The van der Waals surface area contributed by atoms with E-state index in [0.29, 0.717) is 6.42 Å². The van der Waals surface area contributed by atoms with Gasteiger partial charge in [-0.3, -0.25) is 4.79 Å². The maximum atomic E-state index is 13.0. The van der Waals surface area contributed by atoms with E-state index < -0.39 is 23.7 Å². The third-order valence-corrected chi connectivity index (χ3v) is 2.85. The summed E-state index contributed by atoms with van der Waals surface area (Å²) in [5, 5.41) is 2.23. The number of ether oxygens (including phenoxy) is 1. The topological polar surface area (TPSA) is 64.3 Å². The molecule has 0 unspecified atom stereocenters. The van der Waals surface area contributed by atoms with Gasteiger partial charge in [-0.2, -0.15) is 13.2 Å². The lowest BCUT2D eigenvalue weighted by atomic mass is 10.0. The summed E-state index contributed by atoms with van der Waals surface area (Å²) in [6, 6.07) is 2.48. The van der Waals surface area contributed by atoms with Gasteiger partial charge in [-0.1, -0.05) is 13.8 Å². The van der Waals surface area contributed by atoms with E-state index in [2.05, 4.69) is 5.32 Å². The standard InChI is InChI=1S/C14H19F3N2O2/c1-8(2)6-11(18)13(20)19-12-5-4-9(21-3)7-10(12)14(15,16)17/h4-5,7-8,11H,6,18H2,1-3H3,(H,19,20)/t11-/m0/s1. The van der Waals surface area contributed by atoms with E-state index in [-0.39, 0.29) is 17.4 Å². The predicted molar refractivity (Wildman–Crippen MR) is 74.1 cm³/mol. The number of nitrogens with two attached hydrogens (primary N) is 1. The highest BCUT2D eigenvalue weighted by Crippen LogP contribution is 2.37. The number of halogens is 3. The molecule has 21 heavy (non-hydrogen) atoms. The highest BCUT2D eigenvalue weighted by Gasteiger charge is 2.34. The first kappa shape index (κ1) is 17.3. The number of alkyl halides is 3. The molecule has 0 aliphatic carbocycles. The van der Waals surface area contributed by atoms with Crippen LogP contribution in [0, 0.1) is 5.92 Å². The molecule has 0 saturated carbocycles. The molecule has 1 amide bonds. The van der Waals surface area contributed by atoms with Crippen LogP contribution in [0.3, 0.4) is 0 Å². The van der Waals surface area contributed by atoms with Gasteiger partial charge in [0.05, 0.1) is 24.4 Å². The van der Waals surface area contributed by atoms with Gasteiger partial charge in [-0.05, 0) is 30.5 Å². The Bertz CT molecular complexity index is 501. The normalized spacial score (nSPS) is 13.1. The van der Waals surface area contributed by atoms with Crippen molar-refractivity contribution in [3.63, 3.8) is 0 Å². The van der Waals surface area contributed by atoms with Crippen molar-refractivity contribution < 1.29 is 22.7 Å². The largest absolute Gasteiger partial charge is 0.497 e. The monoisotopic (exact) mass is 304 g/mol. The van der Waals surface area contributed by atoms with E-state index in [1.165, 1.54) is 13.2 Å². The van der Waals surface area contributed by atoms with Crippen LogP contribution in [0.1, 0.15) is 25.8 Å². The number of anilines is 1. The molecule has 0 bridgehead atoms. The molecule has 4 nitrogen and oxygen atoms in total. The van der Waals surface area contributed by atoms with Crippen LogP contribution in [0.25, 0.3) is 0 Å². The zero-order chi connectivity index (χ0) is 16.2. The average Bonchev–Trinajstić information content (AvgIpc) is 2.37. The molecule has 1 aromatic rings. The molecular weight excluding hydrogens is 285 g/mol. The fourth-order valence-electron chi connectivity index (χ4n) is 1.83. The highest BCUT2D eigenvalue weighted by molar-refractivity contribution is 5.95. The summed E-state index contributed by atoms with van der Waals surface area (Å²) < 4.78 is 43.7. The first-order valence-corrected chi connectivity index (χ1v) is 6.46. The molecule has 1 aromatic carbocycles. The van der Waals surface area contributed by atoms with Crippen molar-refractivity contribution in [1.29, 1.82) is 0 Å². The van der Waals surface area contributed by atoms with E-state index in [0.717, 1.165) is 12.1 Å². The van der Waals surface area contributed by atoms with Crippen molar-refractivity contribution in [2.24, 2.45) is 11.7 Å². The summed E-state index contributed by atoms with van der Waals surface area (Å²) in [5.41, 5.74) is 4.37. The number of carbonyl (C=O) groups is 1. The third-order valence-electron chi connectivity index (χ3n) is 2.85. The SMILES string of the molecule is COc1ccc(NC(=O)[C@@H](N)CC(C)C)c(C(F)(F)F)c1. The van der Waals surface area contributed by atoms with Crippen LogP contribution >= 0.6 is 0 Å². The predicted octanol–water partition coefficient (Wildman–Crippen LogP) is 3.03. The summed E-state index contributed by atoms with van der Waals surface area (Å²) in [6.45, 7) is 3.75. The van der Waals surface area contributed by atoms with E-state index in [1.807, 2.05) is 13.8 Å². The van der Waals surface area contributed by atoms with Gasteiger partial charge in [-0.25, -0.2) is 0 Å². The van der Waals surface area contributed by atoms with E-state index in [1.54, 1.807) is 0 Å². The van der Waals surface area contributed by atoms with E-state index in [4.69, 9.17) is 10.5 Å². The second-order valence-corrected chi connectivity index (χ2v) is 5.13. The van der Waals surface area contributed by atoms with Crippen LogP contribution in [0.5, 0.6) is 5.75 Å². The van der Waals surface area contributed by atoms with Gasteiger partial charge in [0.15, 0.2) is 0 Å². The summed E-state index contributed by atoms with van der Waals surface area (Å²) >= 11 is 0. The van der Waals surface area contributed by atoms with Gasteiger partial charge >= 0.3 is 6.18 Å². The molecule has 0 heterocycles.